The number of anilines is 1. The van der Waals surface area contributed by atoms with E-state index in [0.29, 0.717) is 18.8 Å². The van der Waals surface area contributed by atoms with Gasteiger partial charge in [-0.25, -0.2) is 4.39 Å². The SMILES string of the molecule is Cc1ccoc1C(=O)N1CCN(c2ccc(F)cc2)CC1. The summed E-state index contributed by atoms with van der Waals surface area (Å²) in [5.74, 6) is 0.127. The Morgan fingerprint density at radius 2 is 1.76 bits per heavy atom. The Labute approximate surface area is 122 Å². The highest BCUT2D eigenvalue weighted by Gasteiger charge is 2.25. The minimum atomic E-state index is -0.235. The largest absolute Gasteiger partial charge is 0.459 e. The molecule has 2 heterocycles. The third-order valence-electron chi connectivity index (χ3n) is 3.81. The van der Waals surface area contributed by atoms with Gasteiger partial charge in [-0.2, -0.15) is 0 Å². The first-order valence-corrected chi connectivity index (χ1v) is 6.99. The van der Waals surface area contributed by atoms with Crippen LogP contribution in [0.5, 0.6) is 0 Å². The van der Waals surface area contributed by atoms with Crippen molar-refractivity contribution >= 4 is 11.6 Å². The summed E-state index contributed by atoms with van der Waals surface area (Å²) in [6.45, 7) is 4.60. The predicted molar refractivity (Wildman–Crippen MR) is 78.0 cm³/mol. The number of piperazine rings is 1. The Hall–Kier alpha value is -2.30. The van der Waals surface area contributed by atoms with Crippen molar-refractivity contribution in [3.05, 3.63) is 53.7 Å². The fourth-order valence-electron chi connectivity index (χ4n) is 2.56. The lowest BCUT2D eigenvalue weighted by molar-refractivity contribution is 0.0713. The second-order valence-corrected chi connectivity index (χ2v) is 5.19. The van der Waals surface area contributed by atoms with E-state index in [9.17, 15) is 9.18 Å². The van der Waals surface area contributed by atoms with E-state index in [2.05, 4.69) is 4.90 Å². The second kappa shape index (κ2) is 5.60. The molecule has 0 N–H and O–H groups in total. The average Bonchev–Trinajstić information content (AvgIpc) is 2.94. The topological polar surface area (TPSA) is 36.7 Å². The fourth-order valence-corrected chi connectivity index (χ4v) is 2.56. The van der Waals surface area contributed by atoms with Crippen LogP contribution in [0.4, 0.5) is 10.1 Å². The predicted octanol–water partition coefficient (Wildman–Crippen LogP) is 2.69. The molecule has 0 radical (unpaired) electrons. The quantitative estimate of drug-likeness (QED) is 0.852. The molecule has 1 aliphatic heterocycles. The van der Waals surface area contributed by atoms with E-state index >= 15 is 0 Å². The fraction of sp³-hybridized carbons (Fsp3) is 0.312. The van der Waals surface area contributed by atoms with Gasteiger partial charge >= 0.3 is 0 Å². The average molecular weight is 288 g/mol. The number of benzene rings is 1. The van der Waals surface area contributed by atoms with Crippen LogP contribution in [0.3, 0.4) is 0 Å². The summed E-state index contributed by atoms with van der Waals surface area (Å²) in [6, 6.07) is 8.24. The number of halogens is 1. The molecule has 2 aromatic rings. The summed E-state index contributed by atoms with van der Waals surface area (Å²) in [4.78, 5) is 16.3. The number of carbonyl (C=O) groups excluding carboxylic acids is 1. The molecule has 3 rings (SSSR count). The first-order valence-electron chi connectivity index (χ1n) is 6.99. The van der Waals surface area contributed by atoms with E-state index in [1.165, 1.54) is 18.4 Å². The lowest BCUT2D eigenvalue weighted by Gasteiger charge is -2.35. The van der Waals surface area contributed by atoms with Crippen molar-refractivity contribution in [3.63, 3.8) is 0 Å². The van der Waals surface area contributed by atoms with Crippen LogP contribution < -0.4 is 4.90 Å². The maximum absolute atomic E-state index is 12.9. The molecular weight excluding hydrogens is 271 g/mol. The van der Waals surface area contributed by atoms with E-state index in [4.69, 9.17) is 4.42 Å². The zero-order valence-electron chi connectivity index (χ0n) is 11.9. The van der Waals surface area contributed by atoms with Gasteiger partial charge in [0, 0.05) is 37.4 Å². The molecule has 1 aliphatic rings. The first-order chi connectivity index (χ1) is 10.1. The zero-order valence-corrected chi connectivity index (χ0v) is 11.9. The normalized spacial score (nSPS) is 15.3. The van der Waals surface area contributed by atoms with Crippen LogP contribution in [0.2, 0.25) is 0 Å². The molecule has 5 heteroatoms. The molecular formula is C16H17FN2O2. The Morgan fingerprint density at radius 1 is 1.10 bits per heavy atom. The molecule has 0 saturated carbocycles. The van der Waals surface area contributed by atoms with Crippen LogP contribution in [0, 0.1) is 12.7 Å². The number of furan rings is 1. The Morgan fingerprint density at radius 3 is 2.33 bits per heavy atom. The minimum absolute atomic E-state index is 0.0590. The monoisotopic (exact) mass is 288 g/mol. The minimum Gasteiger partial charge on any atom is -0.459 e. The smallest absolute Gasteiger partial charge is 0.289 e. The summed E-state index contributed by atoms with van der Waals surface area (Å²) in [5.41, 5.74) is 1.85. The van der Waals surface area contributed by atoms with E-state index in [-0.39, 0.29) is 11.7 Å². The number of aryl methyl sites for hydroxylation is 1. The van der Waals surface area contributed by atoms with Gasteiger partial charge in [-0.1, -0.05) is 0 Å². The molecule has 0 atom stereocenters. The van der Waals surface area contributed by atoms with Crippen LogP contribution in [0.1, 0.15) is 16.1 Å². The molecule has 0 bridgehead atoms. The van der Waals surface area contributed by atoms with Gasteiger partial charge in [0.1, 0.15) is 5.82 Å². The number of nitrogens with zero attached hydrogens (tertiary/aromatic N) is 2. The lowest BCUT2D eigenvalue weighted by atomic mass is 10.2. The van der Waals surface area contributed by atoms with Gasteiger partial charge in [0.25, 0.3) is 5.91 Å². The van der Waals surface area contributed by atoms with Crippen LogP contribution in [-0.4, -0.2) is 37.0 Å². The number of rotatable bonds is 2. The van der Waals surface area contributed by atoms with Crippen molar-refractivity contribution in [2.75, 3.05) is 31.1 Å². The molecule has 4 nitrogen and oxygen atoms in total. The zero-order chi connectivity index (χ0) is 14.8. The van der Waals surface area contributed by atoms with Gasteiger partial charge in [0.15, 0.2) is 5.76 Å². The van der Waals surface area contributed by atoms with E-state index in [0.717, 1.165) is 24.3 Å². The standard InChI is InChI=1S/C16H17FN2O2/c1-12-6-11-21-15(12)16(20)19-9-7-18(8-10-19)14-4-2-13(17)3-5-14/h2-6,11H,7-10H2,1H3. The summed E-state index contributed by atoms with van der Waals surface area (Å²) in [5, 5.41) is 0. The highest BCUT2D eigenvalue weighted by atomic mass is 19.1. The van der Waals surface area contributed by atoms with Gasteiger partial charge < -0.3 is 14.2 Å². The van der Waals surface area contributed by atoms with Gasteiger partial charge in [-0.3, -0.25) is 4.79 Å². The maximum atomic E-state index is 12.9. The Balaban J connectivity index is 1.64. The maximum Gasteiger partial charge on any atom is 0.289 e. The molecule has 1 aromatic carbocycles. The molecule has 0 spiro atoms. The van der Waals surface area contributed by atoms with Gasteiger partial charge in [0.05, 0.1) is 6.26 Å². The van der Waals surface area contributed by atoms with Gasteiger partial charge in [0.2, 0.25) is 0 Å². The summed E-state index contributed by atoms with van der Waals surface area (Å²) >= 11 is 0. The molecule has 21 heavy (non-hydrogen) atoms. The van der Waals surface area contributed by atoms with E-state index in [1.807, 2.05) is 6.92 Å². The van der Waals surface area contributed by atoms with Crippen LogP contribution in [-0.2, 0) is 0 Å². The summed E-state index contributed by atoms with van der Waals surface area (Å²) < 4.78 is 18.2. The third kappa shape index (κ3) is 2.77. The van der Waals surface area contributed by atoms with Crippen LogP contribution in [0.25, 0.3) is 0 Å². The third-order valence-corrected chi connectivity index (χ3v) is 3.81. The molecule has 1 amide bonds. The van der Waals surface area contributed by atoms with Crippen molar-refractivity contribution in [2.45, 2.75) is 6.92 Å². The molecule has 110 valence electrons. The van der Waals surface area contributed by atoms with E-state index in [1.54, 1.807) is 23.1 Å². The highest BCUT2D eigenvalue weighted by Crippen LogP contribution is 2.19. The molecule has 1 aromatic heterocycles. The number of amides is 1. The van der Waals surface area contributed by atoms with Gasteiger partial charge in [-0.05, 0) is 37.3 Å². The van der Waals surface area contributed by atoms with Crippen molar-refractivity contribution in [1.29, 1.82) is 0 Å². The molecule has 1 fully saturated rings. The first kappa shape index (κ1) is 13.7. The summed E-state index contributed by atoms with van der Waals surface area (Å²) in [6.07, 6.45) is 1.54. The highest BCUT2D eigenvalue weighted by molar-refractivity contribution is 5.93. The number of carbonyl (C=O) groups is 1. The van der Waals surface area contributed by atoms with E-state index < -0.39 is 0 Å². The van der Waals surface area contributed by atoms with Crippen molar-refractivity contribution in [1.82, 2.24) is 4.90 Å². The van der Waals surface area contributed by atoms with Crippen molar-refractivity contribution < 1.29 is 13.6 Å². The number of hydrogen-bond acceptors (Lipinski definition) is 3. The lowest BCUT2D eigenvalue weighted by Crippen LogP contribution is -2.48. The molecule has 1 saturated heterocycles. The van der Waals surface area contributed by atoms with Gasteiger partial charge in [-0.15, -0.1) is 0 Å². The Bertz CT molecular complexity index is 628. The molecule has 0 unspecified atom stereocenters. The number of hydrogen-bond donors (Lipinski definition) is 0. The summed E-state index contributed by atoms with van der Waals surface area (Å²) in [7, 11) is 0. The van der Waals surface area contributed by atoms with Crippen molar-refractivity contribution in [3.8, 4) is 0 Å². The molecule has 0 aliphatic carbocycles. The van der Waals surface area contributed by atoms with Crippen molar-refractivity contribution in [2.24, 2.45) is 0 Å². The van der Waals surface area contributed by atoms with Crippen LogP contribution >= 0.6 is 0 Å². The van der Waals surface area contributed by atoms with Crippen LogP contribution in [0.15, 0.2) is 41.0 Å². The Kier molecular flexibility index (Phi) is 3.64. The second-order valence-electron chi connectivity index (χ2n) is 5.19.